The van der Waals surface area contributed by atoms with Crippen LogP contribution in [0.5, 0.6) is 0 Å². The minimum atomic E-state index is -0.886. The molecule has 0 aromatic heterocycles. The number of carbonyl (C=O) groups excluding carboxylic acids is 1. The summed E-state index contributed by atoms with van der Waals surface area (Å²) in [6.07, 6.45) is 2.92. The molecule has 0 radical (unpaired) electrons. The van der Waals surface area contributed by atoms with Crippen LogP contribution in [-0.4, -0.2) is 24.7 Å². The molecule has 0 atom stereocenters. The van der Waals surface area contributed by atoms with Gasteiger partial charge in [-0.1, -0.05) is 13.3 Å². The summed E-state index contributed by atoms with van der Waals surface area (Å²) in [4.78, 5) is 12.3. The van der Waals surface area contributed by atoms with Gasteiger partial charge in [0.1, 0.15) is 5.41 Å². The summed E-state index contributed by atoms with van der Waals surface area (Å²) in [7, 11) is 0. The van der Waals surface area contributed by atoms with Crippen LogP contribution in [-0.2, 0) is 9.53 Å². The van der Waals surface area contributed by atoms with Crippen molar-refractivity contribution in [1.82, 2.24) is 5.32 Å². The van der Waals surface area contributed by atoms with E-state index in [1.807, 2.05) is 13.8 Å². The third kappa shape index (κ3) is 3.44. The second-order valence-corrected chi connectivity index (χ2v) is 5.39. The highest BCUT2D eigenvalue weighted by Crippen LogP contribution is 2.30. The molecular formula is C13H22N2O2. The smallest absolute Gasteiger partial charge is 0.241 e. The molecule has 1 saturated heterocycles. The lowest BCUT2D eigenvalue weighted by atomic mass is 9.80. The minimum Gasteiger partial charge on any atom is -0.381 e. The molecule has 1 aliphatic heterocycles. The SMILES string of the molecule is CCCC(C)(C)NC(=O)C1(C#N)CCOCC1. The molecule has 0 aliphatic carbocycles. The molecule has 1 aliphatic rings. The normalized spacial score (nSPS) is 19.4. The Kier molecular flexibility index (Phi) is 4.53. The van der Waals surface area contributed by atoms with Gasteiger partial charge < -0.3 is 10.1 Å². The zero-order valence-electron chi connectivity index (χ0n) is 11.0. The number of nitrogens with one attached hydrogen (secondary N) is 1. The molecule has 0 aromatic carbocycles. The van der Waals surface area contributed by atoms with Gasteiger partial charge in [-0.2, -0.15) is 5.26 Å². The molecular weight excluding hydrogens is 216 g/mol. The third-order valence-corrected chi connectivity index (χ3v) is 3.32. The third-order valence-electron chi connectivity index (χ3n) is 3.32. The van der Waals surface area contributed by atoms with Crippen molar-refractivity contribution in [3.8, 4) is 6.07 Å². The van der Waals surface area contributed by atoms with Crippen molar-refractivity contribution in [3.05, 3.63) is 0 Å². The predicted molar refractivity (Wildman–Crippen MR) is 65.2 cm³/mol. The van der Waals surface area contributed by atoms with E-state index in [0.29, 0.717) is 26.1 Å². The fraction of sp³-hybridized carbons (Fsp3) is 0.846. The summed E-state index contributed by atoms with van der Waals surface area (Å²) in [5.74, 6) is -0.137. The number of ether oxygens (including phenoxy) is 1. The molecule has 1 fully saturated rings. The maximum absolute atomic E-state index is 12.3. The van der Waals surface area contributed by atoms with Crippen LogP contribution >= 0.6 is 0 Å². The fourth-order valence-corrected chi connectivity index (χ4v) is 2.22. The summed E-state index contributed by atoms with van der Waals surface area (Å²) in [5.41, 5.74) is -1.13. The Morgan fingerprint density at radius 1 is 1.47 bits per heavy atom. The van der Waals surface area contributed by atoms with E-state index in [1.165, 1.54) is 0 Å². The lowest BCUT2D eigenvalue weighted by molar-refractivity contribution is -0.134. The van der Waals surface area contributed by atoms with E-state index in [0.717, 1.165) is 12.8 Å². The topological polar surface area (TPSA) is 62.1 Å². The van der Waals surface area contributed by atoms with E-state index in [1.54, 1.807) is 0 Å². The molecule has 0 aromatic rings. The molecule has 0 bridgehead atoms. The number of nitrogens with zero attached hydrogens (tertiary/aromatic N) is 1. The zero-order valence-corrected chi connectivity index (χ0v) is 11.0. The Morgan fingerprint density at radius 3 is 2.53 bits per heavy atom. The summed E-state index contributed by atoms with van der Waals surface area (Å²) in [6.45, 7) is 7.07. The lowest BCUT2D eigenvalue weighted by Crippen LogP contribution is -2.51. The van der Waals surface area contributed by atoms with Crippen LogP contribution in [0.25, 0.3) is 0 Å². The molecule has 1 amide bonds. The zero-order chi connectivity index (χ0) is 12.9. The summed E-state index contributed by atoms with van der Waals surface area (Å²) in [6, 6.07) is 2.19. The van der Waals surface area contributed by atoms with Gasteiger partial charge in [-0.25, -0.2) is 0 Å². The fourth-order valence-electron chi connectivity index (χ4n) is 2.22. The first-order valence-corrected chi connectivity index (χ1v) is 6.27. The molecule has 96 valence electrons. The van der Waals surface area contributed by atoms with E-state index in [2.05, 4.69) is 18.3 Å². The highest BCUT2D eigenvalue weighted by atomic mass is 16.5. The number of rotatable bonds is 4. The highest BCUT2D eigenvalue weighted by molar-refractivity contribution is 5.86. The van der Waals surface area contributed by atoms with Crippen LogP contribution in [0.4, 0.5) is 0 Å². The van der Waals surface area contributed by atoms with Crippen molar-refractivity contribution in [2.45, 2.75) is 52.0 Å². The number of nitriles is 1. The lowest BCUT2D eigenvalue weighted by Gasteiger charge is -2.34. The van der Waals surface area contributed by atoms with Gasteiger partial charge in [0.15, 0.2) is 0 Å². The van der Waals surface area contributed by atoms with Gasteiger partial charge in [0.25, 0.3) is 0 Å². The van der Waals surface area contributed by atoms with Crippen LogP contribution in [0.3, 0.4) is 0 Å². The molecule has 0 saturated carbocycles. The van der Waals surface area contributed by atoms with Gasteiger partial charge in [-0.05, 0) is 33.1 Å². The predicted octanol–water partition coefficient (Wildman–Crippen LogP) is 2.00. The Bertz CT molecular complexity index is 312. The average molecular weight is 238 g/mol. The number of hydrogen-bond acceptors (Lipinski definition) is 3. The van der Waals surface area contributed by atoms with E-state index in [-0.39, 0.29) is 11.4 Å². The molecule has 0 spiro atoms. The van der Waals surface area contributed by atoms with Crippen molar-refractivity contribution in [2.24, 2.45) is 5.41 Å². The van der Waals surface area contributed by atoms with E-state index in [9.17, 15) is 10.1 Å². The van der Waals surface area contributed by atoms with Crippen LogP contribution in [0.1, 0.15) is 46.5 Å². The molecule has 1 N–H and O–H groups in total. The van der Waals surface area contributed by atoms with E-state index in [4.69, 9.17) is 4.74 Å². The van der Waals surface area contributed by atoms with Gasteiger partial charge in [-0.3, -0.25) is 4.79 Å². The van der Waals surface area contributed by atoms with Crippen LogP contribution in [0.2, 0.25) is 0 Å². The number of carbonyl (C=O) groups is 1. The van der Waals surface area contributed by atoms with Crippen molar-refractivity contribution >= 4 is 5.91 Å². The van der Waals surface area contributed by atoms with Crippen LogP contribution in [0, 0.1) is 16.7 Å². The van der Waals surface area contributed by atoms with Crippen molar-refractivity contribution in [3.63, 3.8) is 0 Å². The van der Waals surface area contributed by atoms with Crippen molar-refractivity contribution in [2.75, 3.05) is 13.2 Å². The van der Waals surface area contributed by atoms with Crippen LogP contribution < -0.4 is 5.32 Å². The van der Waals surface area contributed by atoms with Gasteiger partial charge in [0, 0.05) is 18.8 Å². The first-order valence-electron chi connectivity index (χ1n) is 6.27. The summed E-state index contributed by atoms with van der Waals surface area (Å²) in [5, 5.41) is 12.3. The maximum Gasteiger partial charge on any atom is 0.241 e. The quantitative estimate of drug-likeness (QED) is 0.814. The van der Waals surface area contributed by atoms with Gasteiger partial charge in [0.2, 0.25) is 5.91 Å². The van der Waals surface area contributed by atoms with Crippen molar-refractivity contribution in [1.29, 1.82) is 5.26 Å². The maximum atomic E-state index is 12.3. The largest absolute Gasteiger partial charge is 0.381 e. The Balaban J connectivity index is 2.70. The Labute approximate surface area is 103 Å². The molecule has 4 nitrogen and oxygen atoms in total. The molecule has 17 heavy (non-hydrogen) atoms. The number of hydrogen-bond donors (Lipinski definition) is 1. The molecule has 1 rings (SSSR count). The van der Waals surface area contributed by atoms with E-state index < -0.39 is 5.41 Å². The van der Waals surface area contributed by atoms with Crippen molar-refractivity contribution < 1.29 is 9.53 Å². The minimum absolute atomic E-state index is 0.137. The summed E-state index contributed by atoms with van der Waals surface area (Å²) < 4.78 is 5.22. The first kappa shape index (κ1) is 14.0. The van der Waals surface area contributed by atoms with Gasteiger partial charge in [-0.15, -0.1) is 0 Å². The number of amides is 1. The highest BCUT2D eigenvalue weighted by Gasteiger charge is 2.42. The average Bonchev–Trinajstić information content (AvgIpc) is 2.29. The van der Waals surface area contributed by atoms with Gasteiger partial charge >= 0.3 is 0 Å². The molecule has 4 heteroatoms. The monoisotopic (exact) mass is 238 g/mol. The molecule has 1 heterocycles. The summed E-state index contributed by atoms with van der Waals surface area (Å²) >= 11 is 0. The molecule has 0 unspecified atom stereocenters. The Morgan fingerprint density at radius 2 is 2.06 bits per heavy atom. The second-order valence-electron chi connectivity index (χ2n) is 5.39. The van der Waals surface area contributed by atoms with Gasteiger partial charge in [0.05, 0.1) is 6.07 Å². The van der Waals surface area contributed by atoms with Crippen LogP contribution in [0.15, 0.2) is 0 Å². The van der Waals surface area contributed by atoms with E-state index >= 15 is 0 Å². The second kappa shape index (κ2) is 5.50. The standard InChI is InChI=1S/C13H22N2O2/c1-4-5-12(2,3)15-11(16)13(10-14)6-8-17-9-7-13/h4-9H2,1-3H3,(H,15,16). The first-order chi connectivity index (χ1) is 7.96. The Hall–Kier alpha value is -1.08.